The molecule has 28 heavy (non-hydrogen) atoms. The van der Waals surface area contributed by atoms with Crippen LogP contribution in [0.4, 0.5) is 5.82 Å². The fraction of sp³-hybridized carbons (Fsp3) is 0.429. The van der Waals surface area contributed by atoms with Gasteiger partial charge in [-0.05, 0) is 49.8 Å². The molecule has 7 nitrogen and oxygen atoms in total. The highest BCUT2D eigenvalue weighted by atomic mass is 16.5. The summed E-state index contributed by atoms with van der Waals surface area (Å²) in [5.41, 5.74) is 2.69. The highest BCUT2D eigenvalue weighted by Gasteiger charge is 2.25. The van der Waals surface area contributed by atoms with E-state index in [1.165, 1.54) is 12.8 Å². The molecule has 7 heteroatoms. The molecule has 0 spiro atoms. The Morgan fingerprint density at radius 3 is 2.68 bits per heavy atom. The molecule has 3 aromatic rings. The minimum absolute atomic E-state index is 0.375. The zero-order valence-electron chi connectivity index (χ0n) is 16.5. The highest BCUT2D eigenvalue weighted by molar-refractivity contribution is 5.82. The molecule has 2 heterocycles. The van der Waals surface area contributed by atoms with Crippen LogP contribution in [0.3, 0.4) is 0 Å². The van der Waals surface area contributed by atoms with Crippen LogP contribution in [-0.4, -0.2) is 34.9 Å². The molecule has 0 aliphatic heterocycles. The van der Waals surface area contributed by atoms with Crippen molar-refractivity contribution in [3.8, 4) is 28.8 Å². The molecule has 1 fully saturated rings. The van der Waals surface area contributed by atoms with Gasteiger partial charge < -0.3 is 14.8 Å². The summed E-state index contributed by atoms with van der Waals surface area (Å²) >= 11 is 0. The first-order valence-corrected chi connectivity index (χ1v) is 9.63. The Hall–Kier alpha value is -3.14. The number of aromatic amines is 1. The van der Waals surface area contributed by atoms with Gasteiger partial charge in [-0.2, -0.15) is 5.26 Å². The molecule has 2 aromatic heterocycles. The standard InChI is InChI=1S/C21H25N5O2/c1-13-4-6-15(7-5-13)24-21-19(25-20-14(11-22)12-23-26(20)21)17-10-16(27-2)8-9-18(17)28-3/h8-10,12-13,15,23-24H,4-7H2,1-3H3. The summed E-state index contributed by atoms with van der Waals surface area (Å²) in [6.07, 6.45) is 6.35. The molecule has 0 atom stereocenters. The van der Waals surface area contributed by atoms with Crippen molar-refractivity contribution in [2.45, 2.75) is 38.6 Å². The van der Waals surface area contributed by atoms with E-state index in [-0.39, 0.29) is 0 Å². The monoisotopic (exact) mass is 379 g/mol. The van der Waals surface area contributed by atoms with Crippen LogP contribution in [0.2, 0.25) is 0 Å². The Labute approximate surface area is 164 Å². The zero-order valence-corrected chi connectivity index (χ0v) is 16.5. The van der Waals surface area contributed by atoms with Crippen molar-refractivity contribution in [2.75, 3.05) is 19.5 Å². The Kier molecular flexibility index (Phi) is 4.86. The van der Waals surface area contributed by atoms with Gasteiger partial charge in [0.15, 0.2) is 11.5 Å². The van der Waals surface area contributed by atoms with E-state index in [1.807, 2.05) is 22.7 Å². The molecule has 146 valence electrons. The van der Waals surface area contributed by atoms with Gasteiger partial charge in [-0.15, -0.1) is 0 Å². The Morgan fingerprint density at radius 1 is 1.21 bits per heavy atom. The van der Waals surface area contributed by atoms with E-state index in [4.69, 9.17) is 14.5 Å². The van der Waals surface area contributed by atoms with Crippen molar-refractivity contribution in [1.82, 2.24) is 14.6 Å². The van der Waals surface area contributed by atoms with Crippen molar-refractivity contribution >= 4 is 11.5 Å². The lowest BCUT2D eigenvalue weighted by Crippen LogP contribution is -2.26. The number of imidazole rings is 1. The quantitative estimate of drug-likeness (QED) is 0.693. The van der Waals surface area contributed by atoms with Crippen LogP contribution < -0.4 is 14.8 Å². The maximum Gasteiger partial charge on any atom is 0.173 e. The number of nitriles is 1. The third kappa shape index (κ3) is 3.15. The molecule has 0 saturated heterocycles. The lowest BCUT2D eigenvalue weighted by Gasteiger charge is -2.27. The lowest BCUT2D eigenvalue weighted by atomic mass is 9.87. The Balaban J connectivity index is 1.84. The maximum atomic E-state index is 9.44. The normalized spacial score (nSPS) is 19.4. The zero-order chi connectivity index (χ0) is 19.7. The second kappa shape index (κ2) is 7.47. The van der Waals surface area contributed by atoms with Gasteiger partial charge >= 0.3 is 0 Å². The highest BCUT2D eigenvalue weighted by Crippen LogP contribution is 2.39. The number of benzene rings is 1. The van der Waals surface area contributed by atoms with Gasteiger partial charge in [0.05, 0.1) is 14.2 Å². The minimum atomic E-state index is 0.375. The van der Waals surface area contributed by atoms with Crippen molar-refractivity contribution in [3.63, 3.8) is 0 Å². The first-order chi connectivity index (χ1) is 13.6. The van der Waals surface area contributed by atoms with E-state index in [0.29, 0.717) is 23.0 Å². The predicted octanol–water partition coefficient (Wildman–Crippen LogP) is 4.21. The van der Waals surface area contributed by atoms with E-state index in [0.717, 1.165) is 41.6 Å². The van der Waals surface area contributed by atoms with Gasteiger partial charge in [0, 0.05) is 17.8 Å². The molecule has 1 aromatic carbocycles. The molecule has 2 N–H and O–H groups in total. The first kappa shape index (κ1) is 18.2. The molecule has 0 bridgehead atoms. The van der Waals surface area contributed by atoms with Gasteiger partial charge in [0.25, 0.3) is 0 Å². The fourth-order valence-electron chi connectivity index (χ4n) is 3.92. The third-order valence-corrected chi connectivity index (χ3v) is 5.60. The Morgan fingerprint density at radius 2 is 2.00 bits per heavy atom. The molecular formula is C21H25N5O2. The summed E-state index contributed by atoms with van der Waals surface area (Å²) in [4.78, 5) is 4.79. The fourth-order valence-corrected chi connectivity index (χ4v) is 3.92. The average Bonchev–Trinajstić information content (AvgIpc) is 3.28. The molecule has 4 rings (SSSR count). The number of hydrogen-bond acceptors (Lipinski definition) is 5. The van der Waals surface area contributed by atoms with Crippen LogP contribution in [0.5, 0.6) is 11.5 Å². The van der Waals surface area contributed by atoms with Crippen molar-refractivity contribution in [3.05, 3.63) is 30.0 Å². The number of hydrogen-bond donors (Lipinski definition) is 2. The van der Waals surface area contributed by atoms with Crippen LogP contribution in [0, 0.1) is 17.2 Å². The smallest absolute Gasteiger partial charge is 0.173 e. The number of H-pyrrole nitrogens is 1. The SMILES string of the molecule is COc1ccc(OC)c(-c2nc3c(C#N)c[nH]n3c2NC2CCC(C)CC2)c1. The molecule has 0 unspecified atom stereocenters. The van der Waals surface area contributed by atoms with Gasteiger partial charge in [0.1, 0.15) is 28.8 Å². The maximum absolute atomic E-state index is 9.44. The number of ether oxygens (including phenoxy) is 2. The van der Waals surface area contributed by atoms with Crippen molar-refractivity contribution in [1.29, 1.82) is 5.26 Å². The Bertz CT molecular complexity index is 1020. The number of aromatic nitrogens is 3. The van der Waals surface area contributed by atoms with Crippen LogP contribution in [0.25, 0.3) is 16.9 Å². The van der Waals surface area contributed by atoms with Crippen LogP contribution in [0.1, 0.15) is 38.2 Å². The molecule has 1 aliphatic rings. The van der Waals surface area contributed by atoms with E-state index in [2.05, 4.69) is 23.4 Å². The molecule has 1 saturated carbocycles. The van der Waals surface area contributed by atoms with Crippen molar-refractivity contribution < 1.29 is 9.47 Å². The van der Waals surface area contributed by atoms with Crippen LogP contribution >= 0.6 is 0 Å². The number of nitrogens with zero attached hydrogens (tertiary/aromatic N) is 3. The average molecular weight is 379 g/mol. The van der Waals surface area contributed by atoms with Gasteiger partial charge in [-0.1, -0.05) is 6.92 Å². The van der Waals surface area contributed by atoms with E-state index < -0.39 is 0 Å². The molecular weight excluding hydrogens is 354 g/mol. The summed E-state index contributed by atoms with van der Waals surface area (Å²) in [6, 6.07) is 8.23. The van der Waals surface area contributed by atoms with E-state index >= 15 is 0 Å². The second-order valence-corrected chi connectivity index (χ2v) is 7.43. The van der Waals surface area contributed by atoms with Crippen LogP contribution in [0.15, 0.2) is 24.4 Å². The minimum Gasteiger partial charge on any atom is -0.497 e. The van der Waals surface area contributed by atoms with Gasteiger partial charge in [-0.25, -0.2) is 9.50 Å². The molecule has 1 aliphatic carbocycles. The summed E-state index contributed by atoms with van der Waals surface area (Å²) < 4.78 is 12.8. The van der Waals surface area contributed by atoms with E-state index in [9.17, 15) is 5.26 Å². The summed E-state index contributed by atoms with van der Waals surface area (Å²) in [7, 11) is 3.28. The summed E-state index contributed by atoms with van der Waals surface area (Å²) in [6.45, 7) is 2.31. The third-order valence-electron chi connectivity index (χ3n) is 5.60. The molecule has 0 radical (unpaired) electrons. The number of nitrogens with one attached hydrogen (secondary N) is 2. The predicted molar refractivity (Wildman–Crippen MR) is 108 cm³/mol. The summed E-state index contributed by atoms with van der Waals surface area (Å²) in [5.74, 6) is 3.06. The number of methoxy groups -OCH3 is 2. The summed E-state index contributed by atoms with van der Waals surface area (Å²) in [5, 5.41) is 16.3. The van der Waals surface area contributed by atoms with E-state index in [1.54, 1.807) is 20.4 Å². The van der Waals surface area contributed by atoms with Crippen LogP contribution in [-0.2, 0) is 0 Å². The second-order valence-electron chi connectivity index (χ2n) is 7.43. The topological polar surface area (TPSA) is 87.4 Å². The van der Waals surface area contributed by atoms with Gasteiger partial charge in [-0.3, -0.25) is 5.10 Å². The van der Waals surface area contributed by atoms with Crippen molar-refractivity contribution in [2.24, 2.45) is 5.92 Å². The van der Waals surface area contributed by atoms with Gasteiger partial charge in [0.2, 0.25) is 0 Å². The number of fused-ring (bicyclic) bond motifs is 1. The first-order valence-electron chi connectivity index (χ1n) is 9.63. The molecule has 0 amide bonds. The number of anilines is 1. The largest absolute Gasteiger partial charge is 0.497 e. The number of rotatable bonds is 5. The lowest BCUT2D eigenvalue weighted by molar-refractivity contribution is 0.360.